The molecule has 1 aliphatic heterocycles. The van der Waals surface area contributed by atoms with E-state index in [0.717, 1.165) is 0 Å². The number of amides is 2. The molecule has 1 aliphatic rings. The van der Waals surface area contributed by atoms with Crippen LogP contribution in [0.4, 0.5) is 10.1 Å². The third-order valence-corrected chi connectivity index (χ3v) is 3.48. The average molecular weight is 264 g/mol. The molecule has 0 aromatic heterocycles. The van der Waals surface area contributed by atoms with Gasteiger partial charge in [0.05, 0.1) is 6.04 Å². The van der Waals surface area contributed by atoms with Crippen molar-refractivity contribution in [3.05, 3.63) is 29.6 Å². The number of carbonyl (C=O) groups excluding carboxylic acids is 2. The summed E-state index contributed by atoms with van der Waals surface area (Å²) in [6.45, 7) is 3.73. The van der Waals surface area contributed by atoms with Crippen molar-refractivity contribution in [1.29, 1.82) is 0 Å². The minimum atomic E-state index is -0.366. The maximum atomic E-state index is 13.4. The second-order valence-corrected chi connectivity index (χ2v) is 4.74. The lowest BCUT2D eigenvalue weighted by Gasteiger charge is -2.39. The van der Waals surface area contributed by atoms with Crippen molar-refractivity contribution in [1.82, 2.24) is 5.32 Å². The number of rotatable bonds is 3. The Hall–Kier alpha value is -1.91. The van der Waals surface area contributed by atoms with Gasteiger partial charge in [0.25, 0.3) is 0 Å². The smallest absolute Gasteiger partial charge is 0.226 e. The second-order valence-electron chi connectivity index (χ2n) is 4.74. The molecule has 0 bridgehead atoms. The zero-order valence-electron chi connectivity index (χ0n) is 11.0. The molecule has 1 aromatic rings. The Labute approximate surface area is 111 Å². The third kappa shape index (κ3) is 2.45. The topological polar surface area (TPSA) is 49.4 Å². The number of fused-ring (bicyclic) bond motifs is 1. The van der Waals surface area contributed by atoms with Crippen LogP contribution < -0.4 is 10.2 Å². The molecule has 4 nitrogen and oxygen atoms in total. The predicted octanol–water partition coefficient (Wildman–Crippen LogP) is 2.15. The lowest BCUT2D eigenvalue weighted by atomic mass is 9.91. The van der Waals surface area contributed by atoms with Gasteiger partial charge in [-0.15, -0.1) is 0 Å². The Morgan fingerprint density at radius 3 is 2.95 bits per heavy atom. The van der Waals surface area contributed by atoms with Gasteiger partial charge >= 0.3 is 0 Å². The maximum absolute atomic E-state index is 13.4. The molecule has 102 valence electrons. The Bertz CT molecular complexity index is 504. The first-order valence-corrected chi connectivity index (χ1v) is 6.39. The van der Waals surface area contributed by atoms with Gasteiger partial charge in [-0.1, -0.05) is 6.92 Å². The van der Waals surface area contributed by atoms with E-state index in [1.807, 2.05) is 6.92 Å². The lowest BCUT2D eigenvalue weighted by Crippen LogP contribution is -2.45. The SMILES string of the molecule is CCC(=O)N1c2ccc(F)cc2[C@H](NC=O)C[C@@H]1C. The fourth-order valence-corrected chi connectivity index (χ4v) is 2.63. The molecule has 2 rings (SSSR count). The minimum Gasteiger partial charge on any atom is -0.352 e. The zero-order chi connectivity index (χ0) is 14.0. The van der Waals surface area contributed by atoms with E-state index in [-0.39, 0.29) is 23.8 Å². The predicted molar refractivity (Wildman–Crippen MR) is 70.2 cm³/mol. The standard InChI is InChI=1S/C14H17FN2O2/c1-3-14(19)17-9(2)6-12(16-8-18)11-7-10(15)4-5-13(11)17/h4-5,7-9,12H,3,6H2,1-2H3,(H,16,18)/t9-,12+/m0/s1. The highest BCUT2D eigenvalue weighted by atomic mass is 19.1. The highest BCUT2D eigenvalue weighted by Gasteiger charge is 2.33. The van der Waals surface area contributed by atoms with Gasteiger partial charge in [0.1, 0.15) is 5.82 Å². The van der Waals surface area contributed by atoms with Crippen LogP contribution in [0.25, 0.3) is 0 Å². The Morgan fingerprint density at radius 2 is 2.32 bits per heavy atom. The van der Waals surface area contributed by atoms with Crippen LogP contribution in [0, 0.1) is 5.82 Å². The van der Waals surface area contributed by atoms with Gasteiger partial charge in [-0.05, 0) is 31.5 Å². The molecule has 0 fully saturated rings. The molecule has 0 aliphatic carbocycles. The van der Waals surface area contributed by atoms with Crippen LogP contribution >= 0.6 is 0 Å². The third-order valence-electron chi connectivity index (χ3n) is 3.48. The van der Waals surface area contributed by atoms with E-state index in [2.05, 4.69) is 5.32 Å². The van der Waals surface area contributed by atoms with Crippen LogP contribution in [0.2, 0.25) is 0 Å². The summed E-state index contributed by atoms with van der Waals surface area (Å²) in [7, 11) is 0. The van der Waals surface area contributed by atoms with Gasteiger partial charge in [-0.2, -0.15) is 0 Å². The van der Waals surface area contributed by atoms with Crippen molar-refractivity contribution in [2.24, 2.45) is 0 Å². The monoisotopic (exact) mass is 264 g/mol. The highest BCUT2D eigenvalue weighted by Crippen LogP contribution is 2.37. The van der Waals surface area contributed by atoms with E-state index in [1.54, 1.807) is 17.9 Å². The summed E-state index contributed by atoms with van der Waals surface area (Å²) >= 11 is 0. The number of hydrogen-bond acceptors (Lipinski definition) is 2. The van der Waals surface area contributed by atoms with Gasteiger partial charge in [0.2, 0.25) is 12.3 Å². The molecule has 1 aromatic carbocycles. The van der Waals surface area contributed by atoms with Crippen LogP contribution in [-0.4, -0.2) is 18.4 Å². The summed E-state index contributed by atoms with van der Waals surface area (Å²) < 4.78 is 13.4. The number of carbonyl (C=O) groups is 2. The molecule has 0 saturated carbocycles. The summed E-state index contributed by atoms with van der Waals surface area (Å²) in [4.78, 5) is 24.4. The molecule has 0 spiro atoms. The minimum absolute atomic E-state index is 0.00455. The Morgan fingerprint density at radius 1 is 1.58 bits per heavy atom. The van der Waals surface area contributed by atoms with E-state index < -0.39 is 0 Å². The summed E-state index contributed by atoms with van der Waals surface area (Å²) in [5.74, 6) is -0.361. The number of nitrogens with one attached hydrogen (secondary N) is 1. The maximum Gasteiger partial charge on any atom is 0.226 e. The largest absolute Gasteiger partial charge is 0.352 e. The van der Waals surface area contributed by atoms with Crippen LogP contribution in [0.15, 0.2) is 18.2 Å². The van der Waals surface area contributed by atoms with Crippen molar-refractivity contribution in [2.75, 3.05) is 4.90 Å². The molecular formula is C14H17FN2O2. The van der Waals surface area contributed by atoms with Crippen molar-refractivity contribution >= 4 is 18.0 Å². The molecule has 0 radical (unpaired) electrons. The molecule has 2 amide bonds. The number of hydrogen-bond donors (Lipinski definition) is 1. The summed E-state index contributed by atoms with van der Waals surface area (Å²) in [6, 6.07) is 4.05. The molecule has 0 saturated heterocycles. The molecule has 1 N–H and O–H groups in total. The number of anilines is 1. The van der Waals surface area contributed by atoms with Crippen LogP contribution in [0.1, 0.15) is 38.3 Å². The van der Waals surface area contributed by atoms with Gasteiger partial charge < -0.3 is 10.2 Å². The number of nitrogens with zero attached hydrogens (tertiary/aromatic N) is 1. The molecular weight excluding hydrogens is 247 g/mol. The van der Waals surface area contributed by atoms with E-state index in [9.17, 15) is 14.0 Å². The first kappa shape index (κ1) is 13.5. The Kier molecular flexibility index (Phi) is 3.83. The zero-order valence-corrected chi connectivity index (χ0v) is 11.0. The van der Waals surface area contributed by atoms with E-state index in [4.69, 9.17) is 0 Å². The number of benzene rings is 1. The molecule has 5 heteroatoms. The summed E-state index contributed by atoms with van der Waals surface area (Å²) in [6.07, 6.45) is 1.59. The quantitative estimate of drug-likeness (QED) is 0.850. The van der Waals surface area contributed by atoms with Crippen molar-refractivity contribution in [3.63, 3.8) is 0 Å². The molecule has 19 heavy (non-hydrogen) atoms. The van der Waals surface area contributed by atoms with Gasteiger partial charge in [0, 0.05) is 23.7 Å². The van der Waals surface area contributed by atoms with Gasteiger partial charge in [0.15, 0.2) is 0 Å². The van der Waals surface area contributed by atoms with Gasteiger partial charge in [-0.25, -0.2) is 4.39 Å². The molecule has 0 unspecified atom stereocenters. The normalized spacial score (nSPS) is 21.7. The number of halogens is 1. The fraction of sp³-hybridized carbons (Fsp3) is 0.429. The molecule has 1 heterocycles. The lowest BCUT2D eigenvalue weighted by molar-refractivity contribution is -0.118. The highest BCUT2D eigenvalue weighted by molar-refractivity contribution is 5.95. The van der Waals surface area contributed by atoms with Crippen LogP contribution in [-0.2, 0) is 9.59 Å². The molecule has 2 atom stereocenters. The Balaban J connectivity index is 2.49. The van der Waals surface area contributed by atoms with Crippen LogP contribution in [0.5, 0.6) is 0 Å². The van der Waals surface area contributed by atoms with Gasteiger partial charge in [-0.3, -0.25) is 9.59 Å². The van der Waals surface area contributed by atoms with Crippen LogP contribution in [0.3, 0.4) is 0 Å². The van der Waals surface area contributed by atoms with Crippen molar-refractivity contribution < 1.29 is 14.0 Å². The first-order valence-electron chi connectivity index (χ1n) is 6.39. The summed E-state index contributed by atoms with van der Waals surface area (Å²) in [5, 5.41) is 2.69. The van der Waals surface area contributed by atoms with Crippen molar-refractivity contribution in [3.8, 4) is 0 Å². The fourth-order valence-electron chi connectivity index (χ4n) is 2.63. The average Bonchev–Trinajstić information content (AvgIpc) is 2.39. The summed E-state index contributed by atoms with van der Waals surface area (Å²) in [5.41, 5.74) is 1.35. The van der Waals surface area contributed by atoms with E-state index in [0.29, 0.717) is 30.5 Å². The first-order chi connectivity index (χ1) is 9.08. The van der Waals surface area contributed by atoms with E-state index in [1.165, 1.54) is 12.1 Å². The van der Waals surface area contributed by atoms with Crippen molar-refractivity contribution in [2.45, 2.75) is 38.8 Å². The second kappa shape index (κ2) is 5.38. The van der Waals surface area contributed by atoms with E-state index >= 15 is 0 Å².